The van der Waals surface area contributed by atoms with Gasteiger partial charge in [-0.1, -0.05) is 6.07 Å². The number of amides is 1. The van der Waals surface area contributed by atoms with Crippen molar-refractivity contribution in [3.63, 3.8) is 0 Å². The Balaban J connectivity index is 1.94. The van der Waals surface area contributed by atoms with Crippen LogP contribution in [0.3, 0.4) is 0 Å². The summed E-state index contributed by atoms with van der Waals surface area (Å²) >= 11 is 0. The lowest BCUT2D eigenvalue weighted by Crippen LogP contribution is -2.27. The van der Waals surface area contributed by atoms with Crippen LogP contribution in [0, 0.1) is 25.2 Å². The SMILES string of the molecule is Cc1ccc(C)n1CCNC(=O)c1cccc(C#N)c1. The highest BCUT2D eigenvalue weighted by Crippen LogP contribution is 2.07. The van der Waals surface area contributed by atoms with Gasteiger partial charge in [-0.3, -0.25) is 4.79 Å². The molecule has 20 heavy (non-hydrogen) atoms. The second-order valence-corrected chi connectivity index (χ2v) is 4.72. The highest BCUT2D eigenvalue weighted by Gasteiger charge is 2.06. The number of nitriles is 1. The number of carbonyl (C=O) groups is 1. The Bertz CT molecular complexity index is 645. The maximum atomic E-state index is 12.0. The molecule has 0 fully saturated rings. The Labute approximate surface area is 118 Å². The van der Waals surface area contributed by atoms with Gasteiger partial charge in [-0.15, -0.1) is 0 Å². The maximum absolute atomic E-state index is 12.0. The van der Waals surface area contributed by atoms with E-state index in [-0.39, 0.29) is 5.91 Å². The quantitative estimate of drug-likeness (QED) is 0.924. The van der Waals surface area contributed by atoms with Crippen molar-refractivity contribution in [1.29, 1.82) is 5.26 Å². The Morgan fingerprint density at radius 1 is 1.25 bits per heavy atom. The van der Waals surface area contributed by atoms with Crippen molar-refractivity contribution in [1.82, 2.24) is 9.88 Å². The molecule has 1 aromatic heterocycles. The lowest BCUT2D eigenvalue weighted by Gasteiger charge is -2.10. The summed E-state index contributed by atoms with van der Waals surface area (Å²) in [7, 11) is 0. The van der Waals surface area contributed by atoms with E-state index in [9.17, 15) is 4.79 Å². The molecule has 1 heterocycles. The molecule has 102 valence electrons. The lowest BCUT2D eigenvalue weighted by molar-refractivity contribution is 0.0952. The molecule has 0 atom stereocenters. The molecular weight excluding hydrogens is 250 g/mol. The van der Waals surface area contributed by atoms with Gasteiger partial charge < -0.3 is 9.88 Å². The largest absolute Gasteiger partial charge is 0.350 e. The van der Waals surface area contributed by atoms with Crippen molar-refractivity contribution in [2.45, 2.75) is 20.4 Å². The predicted molar refractivity (Wildman–Crippen MR) is 77.4 cm³/mol. The van der Waals surface area contributed by atoms with E-state index in [1.54, 1.807) is 24.3 Å². The Morgan fingerprint density at radius 3 is 2.60 bits per heavy atom. The zero-order chi connectivity index (χ0) is 14.5. The number of aryl methyl sites for hydroxylation is 2. The zero-order valence-corrected chi connectivity index (χ0v) is 11.7. The van der Waals surface area contributed by atoms with Gasteiger partial charge in [-0.2, -0.15) is 5.26 Å². The molecule has 4 nitrogen and oxygen atoms in total. The minimum Gasteiger partial charge on any atom is -0.350 e. The first-order valence-corrected chi connectivity index (χ1v) is 6.53. The van der Waals surface area contributed by atoms with E-state index in [2.05, 4.69) is 22.0 Å². The molecule has 0 bridgehead atoms. The summed E-state index contributed by atoms with van der Waals surface area (Å²) in [6.45, 7) is 5.40. The van der Waals surface area contributed by atoms with Gasteiger partial charge >= 0.3 is 0 Å². The zero-order valence-electron chi connectivity index (χ0n) is 11.7. The average Bonchev–Trinajstić information content (AvgIpc) is 2.79. The number of nitrogens with one attached hydrogen (secondary N) is 1. The molecule has 1 N–H and O–H groups in total. The van der Waals surface area contributed by atoms with Gasteiger partial charge in [0, 0.05) is 30.0 Å². The Hall–Kier alpha value is -2.54. The number of hydrogen-bond donors (Lipinski definition) is 1. The molecule has 0 radical (unpaired) electrons. The van der Waals surface area contributed by atoms with Crippen LogP contribution in [0.1, 0.15) is 27.3 Å². The smallest absolute Gasteiger partial charge is 0.251 e. The van der Waals surface area contributed by atoms with Crippen molar-refractivity contribution in [2.24, 2.45) is 0 Å². The molecule has 2 rings (SSSR count). The van der Waals surface area contributed by atoms with Gasteiger partial charge in [0.1, 0.15) is 0 Å². The normalized spacial score (nSPS) is 10.1. The summed E-state index contributed by atoms with van der Waals surface area (Å²) in [5, 5.41) is 11.7. The molecule has 0 unspecified atom stereocenters. The standard InChI is InChI=1S/C16H17N3O/c1-12-6-7-13(2)19(12)9-8-18-16(20)15-5-3-4-14(10-15)11-17/h3-7,10H,8-9H2,1-2H3,(H,18,20). The summed E-state index contributed by atoms with van der Waals surface area (Å²) in [6.07, 6.45) is 0. The first kappa shape index (κ1) is 13.9. The summed E-state index contributed by atoms with van der Waals surface area (Å²) < 4.78 is 2.16. The van der Waals surface area contributed by atoms with E-state index in [0.717, 1.165) is 6.54 Å². The molecular formula is C16H17N3O. The van der Waals surface area contributed by atoms with Crippen LogP contribution in [0.2, 0.25) is 0 Å². The summed E-state index contributed by atoms with van der Waals surface area (Å²) in [5.41, 5.74) is 3.38. The lowest BCUT2D eigenvalue weighted by atomic mass is 10.1. The fourth-order valence-corrected chi connectivity index (χ4v) is 2.17. The van der Waals surface area contributed by atoms with Crippen LogP contribution >= 0.6 is 0 Å². The summed E-state index contributed by atoms with van der Waals surface area (Å²) in [5.74, 6) is -0.149. The van der Waals surface area contributed by atoms with Crippen molar-refractivity contribution in [3.05, 3.63) is 58.9 Å². The minimum atomic E-state index is -0.149. The molecule has 2 aromatic rings. The van der Waals surface area contributed by atoms with E-state index in [1.807, 2.05) is 19.9 Å². The van der Waals surface area contributed by atoms with Crippen molar-refractivity contribution in [2.75, 3.05) is 6.54 Å². The number of rotatable bonds is 4. The fourth-order valence-electron chi connectivity index (χ4n) is 2.17. The van der Waals surface area contributed by atoms with Gasteiger partial charge in [-0.25, -0.2) is 0 Å². The molecule has 0 aliphatic rings. The van der Waals surface area contributed by atoms with E-state index in [4.69, 9.17) is 5.26 Å². The molecule has 0 aliphatic heterocycles. The molecule has 1 aromatic carbocycles. The number of hydrogen-bond acceptors (Lipinski definition) is 2. The molecule has 0 aliphatic carbocycles. The van der Waals surface area contributed by atoms with Crippen molar-refractivity contribution < 1.29 is 4.79 Å². The van der Waals surface area contributed by atoms with Crippen LogP contribution in [0.5, 0.6) is 0 Å². The van der Waals surface area contributed by atoms with Crippen LogP contribution < -0.4 is 5.32 Å². The number of carbonyl (C=O) groups excluding carboxylic acids is 1. The van der Waals surface area contributed by atoms with E-state index >= 15 is 0 Å². The molecule has 1 amide bonds. The van der Waals surface area contributed by atoms with Crippen molar-refractivity contribution >= 4 is 5.91 Å². The average molecular weight is 267 g/mol. The fraction of sp³-hybridized carbons (Fsp3) is 0.250. The third-order valence-corrected chi connectivity index (χ3v) is 3.29. The minimum absolute atomic E-state index is 0.149. The van der Waals surface area contributed by atoms with Crippen molar-refractivity contribution in [3.8, 4) is 6.07 Å². The first-order valence-electron chi connectivity index (χ1n) is 6.53. The second-order valence-electron chi connectivity index (χ2n) is 4.72. The van der Waals surface area contributed by atoms with E-state index in [0.29, 0.717) is 17.7 Å². The van der Waals surface area contributed by atoms with Gasteiger partial charge in [0.15, 0.2) is 0 Å². The summed E-state index contributed by atoms with van der Waals surface area (Å²) in [6, 6.07) is 12.9. The topological polar surface area (TPSA) is 57.8 Å². The van der Waals surface area contributed by atoms with Gasteiger partial charge in [-0.05, 0) is 44.2 Å². The number of nitrogens with zero attached hydrogens (tertiary/aromatic N) is 2. The van der Waals surface area contributed by atoms with Gasteiger partial charge in [0.05, 0.1) is 11.6 Å². The maximum Gasteiger partial charge on any atom is 0.251 e. The first-order chi connectivity index (χ1) is 9.61. The van der Waals surface area contributed by atoms with E-state index in [1.165, 1.54) is 11.4 Å². The van der Waals surface area contributed by atoms with Crippen LogP contribution in [-0.4, -0.2) is 17.0 Å². The third-order valence-electron chi connectivity index (χ3n) is 3.29. The predicted octanol–water partition coefficient (Wildman–Crippen LogP) is 2.41. The van der Waals surface area contributed by atoms with Gasteiger partial charge in [0.25, 0.3) is 5.91 Å². The molecule has 0 saturated carbocycles. The second kappa shape index (κ2) is 6.07. The molecule has 0 spiro atoms. The van der Waals surface area contributed by atoms with Crippen LogP contribution in [0.15, 0.2) is 36.4 Å². The summed E-state index contributed by atoms with van der Waals surface area (Å²) in [4.78, 5) is 12.0. The van der Waals surface area contributed by atoms with Crippen LogP contribution in [0.25, 0.3) is 0 Å². The Kier molecular flexibility index (Phi) is 4.21. The third kappa shape index (κ3) is 3.07. The molecule has 4 heteroatoms. The molecule has 0 saturated heterocycles. The highest BCUT2D eigenvalue weighted by molar-refractivity contribution is 5.94. The Morgan fingerprint density at radius 2 is 1.95 bits per heavy atom. The van der Waals surface area contributed by atoms with Crippen LogP contribution in [-0.2, 0) is 6.54 Å². The van der Waals surface area contributed by atoms with E-state index < -0.39 is 0 Å². The number of aromatic nitrogens is 1. The highest BCUT2D eigenvalue weighted by atomic mass is 16.1. The number of benzene rings is 1. The monoisotopic (exact) mass is 267 g/mol. The van der Waals surface area contributed by atoms with Gasteiger partial charge in [0.2, 0.25) is 0 Å². The van der Waals surface area contributed by atoms with Crippen LogP contribution in [0.4, 0.5) is 0 Å².